The van der Waals surface area contributed by atoms with E-state index in [1.165, 1.54) is 6.42 Å². The van der Waals surface area contributed by atoms with Gasteiger partial charge in [-0.15, -0.1) is 0 Å². The first-order chi connectivity index (χ1) is 12.4. The van der Waals surface area contributed by atoms with Crippen LogP contribution >= 0.6 is 0 Å². The summed E-state index contributed by atoms with van der Waals surface area (Å²) < 4.78 is 13.8. The fourth-order valence-electron chi connectivity index (χ4n) is 3.77. The fraction of sp³-hybridized carbons (Fsp3) is 0.579. The van der Waals surface area contributed by atoms with Crippen molar-refractivity contribution in [2.75, 3.05) is 32.9 Å². The molecule has 0 spiro atoms. The van der Waals surface area contributed by atoms with Gasteiger partial charge in [0.25, 0.3) is 0 Å². The van der Waals surface area contributed by atoms with Crippen LogP contribution in [0.5, 0.6) is 0 Å². The van der Waals surface area contributed by atoms with E-state index in [1.54, 1.807) is 0 Å². The van der Waals surface area contributed by atoms with Crippen LogP contribution in [-0.2, 0) is 29.2 Å². The molecule has 0 bridgehead atoms. The molecule has 6 heteroatoms. The molecule has 0 aromatic carbocycles. The first kappa shape index (κ1) is 16.7. The number of hydrogen-bond donors (Lipinski definition) is 0. The van der Waals surface area contributed by atoms with Gasteiger partial charge in [-0.25, -0.2) is 4.98 Å². The number of hydrogen-bond acceptors (Lipinski definition) is 5. The number of imidazole rings is 1. The molecule has 0 aliphatic carbocycles. The molecule has 4 rings (SSSR count). The summed E-state index contributed by atoms with van der Waals surface area (Å²) in [4.78, 5) is 11.4. The first-order valence-electron chi connectivity index (χ1n) is 9.14. The smallest absolute Gasteiger partial charge is 0.122 e. The average Bonchev–Trinajstić information content (AvgIpc) is 3.25. The van der Waals surface area contributed by atoms with Crippen LogP contribution in [0.25, 0.3) is 0 Å². The molecule has 0 radical (unpaired) electrons. The summed E-state index contributed by atoms with van der Waals surface area (Å²) in [6, 6.07) is 5.94. The van der Waals surface area contributed by atoms with Gasteiger partial charge in [-0.1, -0.05) is 6.07 Å². The second-order valence-electron chi connectivity index (χ2n) is 7.12. The molecular formula is C19H26N4O2. The molecule has 0 unspecified atom stereocenters. The average molecular weight is 342 g/mol. The summed E-state index contributed by atoms with van der Waals surface area (Å²) in [7, 11) is 0. The van der Waals surface area contributed by atoms with Gasteiger partial charge in [0.1, 0.15) is 5.82 Å². The highest BCUT2D eigenvalue weighted by atomic mass is 16.5. The van der Waals surface area contributed by atoms with Crippen LogP contribution in [-0.4, -0.2) is 52.3 Å². The summed E-state index contributed by atoms with van der Waals surface area (Å²) in [6.07, 6.45) is 6.98. The molecule has 2 aromatic rings. The molecule has 25 heavy (non-hydrogen) atoms. The lowest BCUT2D eigenvalue weighted by Crippen LogP contribution is -2.34. The number of pyridine rings is 1. The summed E-state index contributed by atoms with van der Waals surface area (Å²) >= 11 is 0. The van der Waals surface area contributed by atoms with E-state index >= 15 is 0 Å². The van der Waals surface area contributed by atoms with Crippen molar-refractivity contribution in [3.8, 4) is 0 Å². The molecule has 1 saturated heterocycles. The Hall–Kier alpha value is -1.76. The van der Waals surface area contributed by atoms with Gasteiger partial charge in [0.05, 0.1) is 32.1 Å². The van der Waals surface area contributed by atoms with Crippen LogP contribution in [0.4, 0.5) is 0 Å². The molecule has 2 atom stereocenters. The van der Waals surface area contributed by atoms with Gasteiger partial charge in [0, 0.05) is 50.7 Å². The van der Waals surface area contributed by atoms with Crippen molar-refractivity contribution in [3.05, 3.63) is 48.3 Å². The first-order valence-corrected chi connectivity index (χ1v) is 9.14. The molecule has 134 valence electrons. The van der Waals surface area contributed by atoms with Gasteiger partial charge < -0.3 is 14.0 Å². The van der Waals surface area contributed by atoms with Gasteiger partial charge in [-0.3, -0.25) is 9.88 Å². The Morgan fingerprint density at radius 2 is 2.16 bits per heavy atom. The lowest BCUT2D eigenvalue weighted by atomic mass is 10.1. The fourth-order valence-corrected chi connectivity index (χ4v) is 3.77. The van der Waals surface area contributed by atoms with Crippen LogP contribution < -0.4 is 0 Å². The number of rotatable bonds is 6. The summed E-state index contributed by atoms with van der Waals surface area (Å²) in [5.74, 6) is 2.27. The third-order valence-electron chi connectivity index (χ3n) is 5.01. The Kier molecular flexibility index (Phi) is 5.40. The van der Waals surface area contributed by atoms with Crippen molar-refractivity contribution in [2.45, 2.75) is 26.1 Å². The molecule has 2 aromatic heterocycles. The molecule has 2 aliphatic rings. The summed E-state index contributed by atoms with van der Waals surface area (Å²) in [5.41, 5.74) is 0.986. The van der Waals surface area contributed by atoms with Crippen LogP contribution in [0.1, 0.15) is 17.9 Å². The zero-order valence-corrected chi connectivity index (χ0v) is 14.6. The minimum absolute atomic E-state index is 0.460. The Bertz CT molecular complexity index is 654. The maximum Gasteiger partial charge on any atom is 0.122 e. The van der Waals surface area contributed by atoms with E-state index < -0.39 is 0 Å². The third-order valence-corrected chi connectivity index (χ3v) is 5.01. The maximum atomic E-state index is 5.98. The van der Waals surface area contributed by atoms with Crippen molar-refractivity contribution in [1.29, 1.82) is 0 Å². The van der Waals surface area contributed by atoms with Gasteiger partial charge in [-0.05, 0) is 24.5 Å². The number of aromatic nitrogens is 3. The topological polar surface area (TPSA) is 52.4 Å². The Balaban J connectivity index is 1.36. The van der Waals surface area contributed by atoms with E-state index in [0.29, 0.717) is 18.4 Å². The van der Waals surface area contributed by atoms with Gasteiger partial charge in [-0.2, -0.15) is 0 Å². The number of ether oxygens (including phenoxy) is 2. The van der Waals surface area contributed by atoms with Crippen LogP contribution in [0.2, 0.25) is 0 Å². The second kappa shape index (κ2) is 8.08. The summed E-state index contributed by atoms with van der Waals surface area (Å²) in [6.45, 7) is 7.13. The maximum absolute atomic E-state index is 5.98. The number of fused-ring (bicyclic) bond motifs is 1. The van der Waals surface area contributed by atoms with Gasteiger partial charge in [0.15, 0.2) is 0 Å². The molecule has 2 aliphatic heterocycles. The second-order valence-corrected chi connectivity index (χ2v) is 7.12. The normalized spacial score (nSPS) is 24.2. The van der Waals surface area contributed by atoms with E-state index in [9.17, 15) is 0 Å². The van der Waals surface area contributed by atoms with Crippen molar-refractivity contribution in [1.82, 2.24) is 19.4 Å². The highest BCUT2D eigenvalue weighted by Crippen LogP contribution is 2.20. The molecular weight excluding hydrogens is 316 g/mol. The van der Waals surface area contributed by atoms with E-state index in [-0.39, 0.29) is 0 Å². The third kappa shape index (κ3) is 4.45. The lowest BCUT2D eigenvalue weighted by Gasteiger charge is -2.25. The predicted molar refractivity (Wildman–Crippen MR) is 93.8 cm³/mol. The highest BCUT2D eigenvalue weighted by Gasteiger charge is 2.26. The van der Waals surface area contributed by atoms with Crippen molar-refractivity contribution >= 4 is 0 Å². The Morgan fingerprint density at radius 3 is 3.00 bits per heavy atom. The monoisotopic (exact) mass is 342 g/mol. The van der Waals surface area contributed by atoms with E-state index in [1.807, 2.05) is 30.6 Å². The van der Waals surface area contributed by atoms with Crippen molar-refractivity contribution in [2.24, 2.45) is 11.8 Å². The minimum atomic E-state index is 0.460. The quantitative estimate of drug-likeness (QED) is 0.803. The molecule has 6 nitrogen and oxygen atoms in total. The highest BCUT2D eigenvalue weighted by molar-refractivity contribution is 5.02. The molecule has 0 saturated carbocycles. The van der Waals surface area contributed by atoms with Gasteiger partial charge in [0.2, 0.25) is 0 Å². The zero-order valence-electron chi connectivity index (χ0n) is 14.6. The minimum Gasteiger partial charge on any atom is -0.381 e. The molecule has 1 fully saturated rings. The predicted octanol–water partition coefficient (Wildman–Crippen LogP) is 1.96. The zero-order chi connectivity index (χ0) is 16.9. The SMILES string of the molecule is c1ccc(COC[C@@H]2CN(C[C@H]3CCOC3)Cc3nccn3C2)nc1. The largest absolute Gasteiger partial charge is 0.381 e. The lowest BCUT2D eigenvalue weighted by molar-refractivity contribution is 0.0627. The van der Waals surface area contributed by atoms with Crippen LogP contribution in [0.15, 0.2) is 36.8 Å². The van der Waals surface area contributed by atoms with Crippen molar-refractivity contribution < 1.29 is 9.47 Å². The standard InChI is InChI=1S/C19H26N4O2/c1-2-5-20-18(3-1)15-25-14-17-10-22(9-16-4-8-24-13-16)12-19-21-6-7-23(19)11-17/h1-3,5-7,16-17H,4,8-15H2/t16-,17-/m1/s1. The van der Waals surface area contributed by atoms with E-state index in [4.69, 9.17) is 9.47 Å². The van der Waals surface area contributed by atoms with E-state index in [0.717, 1.165) is 57.5 Å². The Morgan fingerprint density at radius 1 is 1.16 bits per heavy atom. The Labute approximate surface area is 148 Å². The van der Waals surface area contributed by atoms with Crippen molar-refractivity contribution in [3.63, 3.8) is 0 Å². The van der Waals surface area contributed by atoms with E-state index in [2.05, 4.69) is 25.6 Å². The summed E-state index contributed by atoms with van der Waals surface area (Å²) in [5, 5.41) is 0. The number of nitrogens with zero attached hydrogens (tertiary/aromatic N) is 4. The van der Waals surface area contributed by atoms with Crippen LogP contribution in [0, 0.1) is 11.8 Å². The molecule has 4 heterocycles. The van der Waals surface area contributed by atoms with Gasteiger partial charge >= 0.3 is 0 Å². The molecule has 0 N–H and O–H groups in total. The van der Waals surface area contributed by atoms with Crippen LogP contribution in [0.3, 0.4) is 0 Å². The molecule has 0 amide bonds.